The first-order chi connectivity index (χ1) is 8.25. The quantitative estimate of drug-likeness (QED) is 0.879. The summed E-state index contributed by atoms with van der Waals surface area (Å²) in [5.74, 6) is 0.252. The van der Waals surface area contributed by atoms with Crippen molar-refractivity contribution in [3.63, 3.8) is 0 Å². The highest BCUT2D eigenvalue weighted by Gasteiger charge is 2.20. The van der Waals surface area contributed by atoms with Gasteiger partial charge in [0, 0.05) is 12.0 Å². The van der Waals surface area contributed by atoms with Gasteiger partial charge in [-0.3, -0.25) is 0 Å². The first-order valence-corrected chi connectivity index (χ1v) is 6.53. The molecule has 2 heterocycles. The molecule has 2 aromatic rings. The summed E-state index contributed by atoms with van der Waals surface area (Å²) in [6.07, 6.45) is 3.30. The fourth-order valence-electron chi connectivity index (χ4n) is 2.23. The van der Waals surface area contributed by atoms with Gasteiger partial charge >= 0.3 is 0 Å². The molecule has 0 amide bonds. The molecular weight excluding hydrogens is 284 g/mol. The number of phenols is 1. The van der Waals surface area contributed by atoms with Crippen LogP contribution in [-0.4, -0.2) is 21.5 Å². The smallest absolute Gasteiger partial charge is 0.150 e. The second-order valence-corrected chi connectivity index (χ2v) is 5.01. The average molecular weight is 297 g/mol. The second kappa shape index (κ2) is 4.31. The van der Waals surface area contributed by atoms with Crippen molar-refractivity contribution in [2.45, 2.75) is 25.5 Å². The lowest BCUT2D eigenvalue weighted by atomic mass is 10.2. The number of hydrogen-bond acceptors (Lipinski definition) is 3. The summed E-state index contributed by atoms with van der Waals surface area (Å²) in [6, 6.07) is 5.27. The monoisotopic (exact) mass is 296 g/mol. The molecule has 1 saturated heterocycles. The van der Waals surface area contributed by atoms with Crippen LogP contribution in [0.25, 0.3) is 10.9 Å². The van der Waals surface area contributed by atoms with Crippen molar-refractivity contribution >= 4 is 26.8 Å². The summed E-state index contributed by atoms with van der Waals surface area (Å²) in [7, 11) is 0. The van der Waals surface area contributed by atoms with Gasteiger partial charge in [0.05, 0.1) is 5.52 Å². The number of benzene rings is 1. The Hall–Kier alpha value is -1.07. The van der Waals surface area contributed by atoms with Gasteiger partial charge in [-0.25, -0.2) is 4.68 Å². The maximum atomic E-state index is 9.49. The Balaban J connectivity index is 2.10. The molecule has 5 heteroatoms. The van der Waals surface area contributed by atoms with E-state index in [1.807, 2.05) is 10.7 Å². The number of phenolic OH excluding ortho intramolecular Hbond substituents is 1. The van der Waals surface area contributed by atoms with Gasteiger partial charge in [0.2, 0.25) is 0 Å². The number of rotatable bonds is 1. The number of aromatic hydroxyl groups is 1. The third-order valence-corrected chi connectivity index (χ3v) is 3.66. The lowest BCUT2D eigenvalue weighted by molar-refractivity contribution is -0.0368. The SMILES string of the molecule is Oc1ccc2c(c1)c(Br)nn2C1CCCCO1. The molecule has 1 aromatic carbocycles. The summed E-state index contributed by atoms with van der Waals surface area (Å²) in [4.78, 5) is 0. The van der Waals surface area contributed by atoms with E-state index in [4.69, 9.17) is 4.74 Å². The Kier molecular flexibility index (Phi) is 2.80. The molecule has 1 unspecified atom stereocenters. The maximum absolute atomic E-state index is 9.49. The highest BCUT2D eigenvalue weighted by atomic mass is 79.9. The first kappa shape index (κ1) is 11.0. The first-order valence-electron chi connectivity index (χ1n) is 5.74. The Morgan fingerprint density at radius 2 is 2.29 bits per heavy atom. The van der Waals surface area contributed by atoms with E-state index in [0.717, 1.165) is 35.0 Å². The van der Waals surface area contributed by atoms with Gasteiger partial charge in [0.25, 0.3) is 0 Å². The van der Waals surface area contributed by atoms with Crippen LogP contribution < -0.4 is 0 Å². The van der Waals surface area contributed by atoms with E-state index in [9.17, 15) is 5.11 Å². The zero-order valence-electron chi connectivity index (χ0n) is 9.27. The summed E-state index contributed by atoms with van der Waals surface area (Å²) < 4.78 is 8.38. The Bertz CT molecular complexity index is 547. The summed E-state index contributed by atoms with van der Waals surface area (Å²) >= 11 is 3.42. The van der Waals surface area contributed by atoms with E-state index >= 15 is 0 Å². The van der Waals surface area contributed by atoms with Crippen molar-refractivity contribution in [1.82, 2.24) is 9.78 Å². The zero-order chi connectivity index (χ0) is 11.8. The van der Waals surface area contributed by atoms with Crippen LogP contribution in [0.5, 0.6) is 5.75 Å². The zero-order valence-corrected chi connectivity index (χ0v) is 10.9. The van der Waals surface area contributed by atoms with Crippen LogP contribution in [0.3, 0.4) is 0 Å². The van der Waals surface area contributed by atoms with Crippen molar-refractivity contribution in [2.75, 3.05) is 6.61 Å². The van der Waals surface area contributed by atoms with Crippen LogP contribution >= 0.6 is 15.9 Å². The number of nitrogens with zero attached hydrogens (tertiary/aromatic N) is 2. The molecule has 0 bridgehead atoms. The minimum absolute atomic E-state index is 0.0158. The summed E-state index contributed by atoms with van der Waals surface area (Å²) in [5, 5.41) is 14.9. The molecule has 17 heavy (non-hydrogen) atoms. The van der Waals surface area contributed by atoms with Crippen LogP contribution in [0.1, 0.15) is 25.5 Å². The molecule has 0 radical (unpaired) electrons. The molecule has 1 N–H and O–H groups in total. The molecule has 1 aromatic heterocycles. The predicted molar refractivity (Wildman–Crippen MR) is 67.9 cm³/mol. The lowest BCUT2D eigenvalue weighted by Crippen LogP contribution is -2.18. The van der Waals surface area contributed by atoms with E-state index in [-0.39, 0.29) is 12.0 Å². The van der Waals surface area contributed by atoms with Gasteiger partial charge in [-0.1, -0.05) is 0 Å². The molecule has 1 atom stereocenters. The fraction of sp³-hybridized carbons (Fsp3) is 0.417. The largest absolute Gasteiger partial charge is 0.508 e. The van der Waals surface area contributed by atoms with Gasteiger partial charge in [0.15, 0.2) is 6.23 Å². The van der Waals surface area contributed by atoms with E-state index in [1.54, 1.807) is 12.1 Å². The highest BCUT2D eigenvalue weighted by molar-refractivity contribution is 9.10. The van der Waals surface area contributed by atoms with Crippen molar-refractivity contribution in [3.05, 3.63) is 22.8 Å². The Morgan fingerprint density at radius 1 is 1.41 bits per heavy atom. The fourth-order valence-corrected chi connectivity index (χ4v) is 2.72. The molecule has 1 fully saturated rings. The Labute approximate surface area is 107 Å². The van der Waals surface area contributed by atoms with Gasteiger partial charge in [0.1, 0.15) is 10.4 Å². The van der Waals surface area contributed by atoms with Gasteiger partial charge < -0.3 is 9.84 Å². The third-order valence-electron chi connectivity index (χ3n) is 3.07. The predicted octanol–water partition coefficient (Wildman–Crippen LogP) is 3.20. The van der Waals surface area contributed by atoms with Crippen molar-refractivity contribution < 1.29 is 9.84 Å². The molecule has 4 nitrogen and oxygen atoms in total. The van der Waals surface area contributed by atoms with Crippen LogP contribution in [0, 0.1) is 0 Å². The minimum atomic E-state index is 0.0158. The summed E-state index contributed by atoms with van der Waals surface area (Å²) in [5.41, 5.74) is 0.988. The van der Waals surface area contributed by atoms with Crippen LogP contribution in [0.4, 0.5) is 0 Å². The second-order valence-electron chi connectivity index (χ2n) is 4.26. The number of ether oxygens (including phenoxy) is 1. The number of hydrogen-bond donors (Lipinski definition) is 1. The van der Waals surface area contributed by atoms with Crippen LogP contribution in [0.2, 0.25) is 0 Å². The molecule has 90 valence electrons. The van der Waals surface area contributed by atoms with E-state index in [1.165, 1.54) is 6.42 Å². The molecule has 0 aliphatic carbocycles. The Morgan fingerprint density at radius 3 is 3.06 bits per heavy atom. The van der Waals surface area contributed by atoms with Gasteiger partial charge in [-0.05, 0) is 53.4 Å². The highest BCUT2D eigenvalue weighted by Crippen LogP contribution is 2.31. The normalized spacial score (nSPS) is 20.9. The molecular formula is C12H13BrN2O2. The summed E-state index contributed by atoms with van der Waals surface area (Å²) in [6.45, 7) is 0.793. The van der Waals surface area contributed by atoms with Crippen molar-refractivity contribution in [2.24, 2.45) is 0 Å². The van der Waals surface area contributed by atoms with Crippen LogP contribution in [0.15, 0.2) is 22.8 Å². The van der Waals surface area contributed by atoms with E-state index in [2.05, 4.69) is 21.0 Å². The molecule has 1 aliphatic rings. The van der Waals surface area contributed by atoms with Crippen molar-refractivity contribution in [3.8, 4) is 5.75 Å². The number of halogens is 1. The lowest BCUT2D eigenvalue weighted by Gasteiger charge is -2.23. The van der Waals surface area contributed by atoms with E-state index in [0.29, 0.717) is 0 Å². The third kappa shape index (κ3) is 1.93. The minimum Gasteiger partial charge on any atom is -0.508 e. The standard InChI is InChI=1S/C12H13BrN2O2/c13-12-9-7-8(16)4-5-10(9)15(14-12)11-3-1-2-6-17-11/h4-5,7,11,16H,1-3,6H2. The molecule has 0 spiro atoms. The topological polar surface area (TPSA) is 47.3 Å². The molecule has 3 rings (SSSR count). The number of fused-ring (bicyclic) bond motifs is 1. The maximum Gasteiger partial charge on any atom is 0.150 e. The molecule has 1 aliphatic heterocycles. The van der Waals surface area contributed by atoms with Crippen molar-refractivity contribution in [1.29, 1.82) is 0 Å². The van der Waals surface area contributed by atoms with Gasteiger partial charge in [-0.15, -0.1) is 0 Å². The van der Waals surface area contributed by atoms with Crippen LogP contribution in [-0.2, 0) is 4.74 Å². The number of aromatic nitrogens is 2. The van der Waals surface area contributed by atoms with Gasteiger partial charge in [-0.2, -0.15) is 5.10 Å². The molecule has 0 saturated carbocycles. The average Bonchev–Trinajstić information content (AvgIpc) is 2.68. The van der Waals surface area contributed by atoms with E-state index < -0.39 is 0 Å².